The SMILES string of the molecule is CCN(CC)C(=O)C(C)Nc1nc2c(cc1C#N)CCC2. The largest absolute Gasteiger partial charge is 0.358 e. The van der Waals surface area contributed by atoms with Gasteiger partial charge in [-0.2, -0.15) is 5.26 Å². The summed E-state index contributed by atoms with van der Waals surface area (Å²) in [5.41, 5.74) is 2.74. The van der Waals surface area contributed by atoms with E-state index in [4.69, 9.17) is 0 Å². The summed E-state index contributed by atoms with van der Waals surface area (Å²) in [6.45, 7) is 7.11. The number of anilines is 1. The number of carbonyl (C=O) groups excluding carboxylic acids is 1. The highest BCUT2D eigenvalue weighted by Gasteiger charge is 2.21. The number of fused-ring (bicyclic) bond motifs is 1. The molecule has 1 aliphatic carbocycles. The molecule has 0 aliphatic heterocycles. The number of nitrogens with one attached hydrogen (secondary N) is 1. The Morgan fingerprint density at radius 2 is 2.19 bits per heavy atom. The van der Waals surface area contributed by atoms with Crippen LogP contribution in [0, 0.1) is 11.3 Å². The molecule has 1 amide bonds. The van der Waals surface area contributed by atoms with Crippen molar-refractivity contribution in [3.63, 3.8) is 0 Å². The molecule has 0 fully saturated rings. The molecule has 1 heterocycles. The maximum absolute atomic E-state index is 12.3. The fraction of sp³-hybridized carbons (Fsp3) is 0.562. The molecule has 0 saturated carbocycles. The van der Waals surface area contributed by atoms with E-state index < -0.39 is 0 Å². The average Bonchev–Trinajstić information content (AvgIpc) is 2.94. The van der Waals surface area contributed by atoms with Crippen LogP contribution in [-0.4, -0.2) is 34.9 Å². The van der Waals surface area contributed by atoms with E-state index in [0.717, 1.165) is 25.0 Å². The number of hydrogen-bond donors (Lipinski definition) is 1. The van der Waals surface area contributed by atoms with E-state index in [1.54, 1.807) is 4.90 Å². The van der Waals surface area contributed by atoms with Crippen molar-refractivity contribution in [2.24, 2.45) is 0 Å². The molecule has 112 valence electrons. The van der Waals surface area contributed by atoms with E-state index in [-0.39, 0.29) is 11.9 Å². The smallest absolute Gasteiger partial charge is 0.244 e. The summed E-state index contributed by atoms with van der Waals surface area (Å²) in [6.07, 6.45) is 3.03. The van der Waals surface area contributed by atoms with Gasteiger partial charge in [0.1, 0.15) is 17.9 Å². The molecular formula is C16H22N4O. The first kappa shape index (κ1) is 15.3. The van der Waals surface area contributed by atoms with Crippen molar-refractivity contribution in [1.82, 2.24) is 9.88 Å². The molecular weight excluding hydrogens is 264 g/mol. The van der Waals surface area contributed by atoms with Gasteiger partial charge in [0.05, 0.1) is 5.56 Å². The highest BCUT2D eigenvalue weighted by molar-refractivity contribution is 5.84. The van der Waals surface area contributed by atoms with Crippen LogP contribution in [0.2, 0.25) is 0 Å². The fourth-order valence-corrected chi connectivity index (χ4v) is 2.74. The maximum Gasteiger partial charge on any atom is 0.244 e. The van der Waals surface area contributed by atoms with Crippen LogP contribution < -0.4 is 5.32 Å². The first-order valence-corrected chi connectivity index (χ1v) is 7.58. The van der Waals surface area contributed by atoms with E-state index in [2.05, 4.69) is 16.4 Å². The molecule has 21 heavy (non-hydrogen) atoms. The van der Waals surface area contributed by atoms with Crippen molar-refractivity contribution in [1.29, 1.82) is 5.26 Å². The predicted octanol–water partition coefficient (Wildman–Crippen LogP) is 2.11. The summed E-state index contributed by atoms with van der Waals surface area (Å²) in [6, 6.07) is 3.70. The van der Waals surface area contributed by atoms with Gasteiger partial charge in [0.25, 0.3) is 0 Å². The van der Waals surface area contributed by atoms with Crippen LogP contribution in [-0.2, 0) is 17.6 Å². The number of carbonyl (C=O) groups is 1. The monoisotopic (exact) mass is 286 g/mol. The molecule has 0 saturated heterocycles. The van der Waals surface area contributed by atoms with Crippen LogP contribution in [0.3, 0.4) is 0 Å². The van der Waals surface area contributed by atoms with E-state index in [1.807, 2.05) is 26.8 Å². The summed E-state index contributed by atoms with van der Waals surface area (Å²) in [4.78, 5) is 18.6. The van der Waals surface area contributed by atoms with Crippen molar-refractivity contribution >= 4 is 11.7 Å². The number of aryl methyl sites for hydroxylation is 2. The quantitative estimate of drug-likeness (QED) is 0.900. The number of nitrogens with zero attached hydrogens (tertiary/aromatic N) is 3. The number of aromatic nitrogens is 1. The van der Waals surface area contributed by atoms with Gasteiger partial charge < -0.3 is 10.2 Å². The molecule has 0 radical (unpaired) electrons. The van der Waals surface area contributed by atoms with Gasteiger partial charge in [-0.05, 0) is 51.7 Å². The van der Waals surface area contributed by atoms with E-state index >= 15 is 0 Å². The number of likely N-dealkylation sites (N-methyl/N-ethyl adjacent to an activating group) is 1. The minimum atomic E-state index is -0.385. The van der Waals surface area contributed by atoms with Crippen molar-refractivity contribution in [2.45, 2.75) is 46.1 Å². The summed E-state index contributed by atoms with van der Waals surface area (Å²) < 4.78 is 0. The lowest BCUT2D eigenvalue weighted by atomic mass is 10.1. The molecule has 5 heteroatoms. The number of nitriles is 1. The molecule has 0 spiro atoms. The van der Waals surface area contributed by atoms with Crippen LogP contribution in [0.4, 0.5) is 5.82 Å². The Kier molecular flexibility index (Phi) is 4.79. The Morgan fingerprint density at radius 1 is 1.48 bits per heavy atom. The van der Waals surface area contributed by atoms with Gasteiger partial charge in [-0.3, -0.25) is 4.79 Å². The van der Waals surface area contributed by atoms with Gasteiger partial charge in [0.2, 0.25) is 5.91 Å². The van der Waals surface area contributed by atoms with Gasteiger partial charge >= 0.3 is 0 Å². The molecule has 5 nitrogen and oxygen atoms in total. The molecule has 1 aromatic heterocycles. The molecule has 1 unspecified atom stereocenters. The van der Waals surface area contributed by atoms with E-state index in [0.29, 0.717) is 24.5 Å². The number of amides is 1. The van der Waals surface area contributed by atoms with Crippen LogP contribution in [0.25, 0.3) is 0 Å². The van der Waals surface area contributed by atoms with Crippen LogP contribution in [0.1, 0.15) is 44.0 Å². The van der Waals surface area contributed by atoms with Crippen LogP contribution in [0.15, 0.2) is 6.07 Å². The minimum Gasteiger partial charge on any atom is -0.358 e. The van der Waals surface area contributed by atoms with Crippen molar-refractivity contribution in [3.8, 4) is 6.07 Å². The zero-order valence-corrected chi connectivity index (χ0v) is 12.9. The molecule has 1 atom stereocenters. The Morgan fingerprint density at radius 3 is 2.81 bits per heavy atom. The van der Waals surface area contributed by atoms with E-state index in [1.165, 1.54) is 5.56 Å². The molecule has 0 bridgehead atoms. The van der Waals surface area contributed by atoms with Crippen molar-refractivity contribution in [3.05, 3.63) is 22.9 Å². The topological polar surface area (TPSA) is 69.0 Å². The summed E-state index contributed by atoms with van der Waals surface area (Å²) >= 11 is 0. The molecule has 2 rings (SSSR count). The van der Waals surface area contributed by atoms with Crippen molar-refractivity contribution in [2.75, 3.05) is 18.4 Å². The minimum absolute atomic E-state index is 0.0335. The normalized spacial score (nSPS) is 14.2. The highest BCUT2D eigenvalue weighted by Crippen LogP contribution is 2.25. The lowest BCUT2D eigenvalue weighted by Gasteiger charge is -2.24. The third-order valence-electron chi connectivity index (χ3n) is 3.97. The Hall–Kier alpha value is -2.09. The second-order valence-corrected chi connectivity index (χ2v) is 5.33. The summed E-state index contributed by atoms with van der Waals surface area (Å²) in [5, 5.41) is 12.4. The van der Waals surface area contributed by atoms with Gasteiger partial charge in [0.15, 0.2) is 0 Å². The Labute approximate surface area is 126 Å². The zero-order valence-electron chi connectivity index (χ0n) is 12.9. The van der Waals surface area contributed by atoms with E-state index in [9.17, 15) is 10.1 Å². The maximum atomic E-state index is 12.3. The Balaban J connectivity index is 2.19. The first-order chi connectivity index (χ1) is 10.1. The molecule has 1 N–H and O–H groups in total. The third kappa shape index (κ3) is 3.15. The van der Waals surface area contributed by atoms with Gasteiger partial charge in [-0.15, -0.1) is 0 Å². The number of rotatable bonds is 5. The summed E-state index contributed by atoms with van der Waals surface area (Å²) in [5.74, 6) is 0.567. The molecule has 1 aliphatic rings. The van der Waals surface area contributed by atoms with Crippen molar-refractivity contribution < 1.29 is 4.79 Å². The fourth-order valence-electron chi connectivity index (χ4n) is 2.74. The first-order valence-electron chi connectivity index (χ1n) is 7.58. The predicted molar refractivity (Wildman–Crippen MR) is 82.0 cm³/mol. The van der Waals surface area contributed by atoms with Crippen LogP contribution in [0.5, 0.6) is 0 Å². The molecule has 0 aromatic carbocycles. The lowest BCUT2D eigenvalue weighted by molar-refractivity contribution is -0.131. The summed E-state index contributed by atoms with van der Waals surface area (Å²) in [7, 11) is 0. The number of hydrogen-bond acceptors (Lipinski definition) is 4. The van der Waals surface area contributed by atoms with Gasteiger partial charge in [-0.25, -0.2) is 4.98 Å². The van der Waals surface area contributed by atoms with Crippen LogP contribution >= 0.6 is 0 Å². The van der Waals surface area contributed by atoms with Gasteiger partial charge in [-0.1, -0.05) is 0 Å². The highest BCUT2D eigenvalue weighted by atomic mass is 16.2. The lowest BCUT2D eigenvalue weighted by Crippen LogP contribution is -2.41. The second kappa shape index (κ2) is 6.57. The molecule has 1 aromatic rings. The number of pyridine rings is 1. The zero-order chi connectivity index (χ0) is 15.4. The average molecular weight is 286 g/mol. The Bertz CT molecular complexity index is 572. The second-order valence-electron chi connectivity index (χ2n) is 5.33. The standard InChI is InChI=1S/C16H22N4O/c1-4-20(5-2)16(21)11(3)18-15-13(10-17)9-12-7-6-8-14(12)19-15/h9,11H,4-8H2,1-3H3,(H,18,19). The third-order valence-corrected chi connectivity index (χ3v) is 3.97. The van der Waals surface area contributed by atoms with Gasteiger partial charge in [0, 0.05) is 18.8 Å².